The van der Waals surface area contributed by atoms with Gasteiger partial charge in [-0.1, -0.05) is 17.7 Å². The first-order chi connectivity index (χ1) is 11.0. The lowest BCUT2D eigenvalue weighted by Crippen LogP contribution is -2.47. The first-order valence-corrected chi connectivity index (χ1v) is 8.39. The Hall–Kier alpha value is -1.81. The van der Waals surface area contributed by atoms with E-state index in [2.05, 4.69) is 0 Å². The molecule has 23 heavy (non-hydrogen) atoms. The van der Waals surface area contributed by atoms with Gasteiger partial charge in [0.1, 0.15) is 11.4 Å². The standard InChI is InChI=1S/C19H25NO3/c1-19(22,15-8-10-16(23-2)11-9-15)17-7-4-12-20(17)18(21)13-14-5-3-6-14/h8-11,13,17,22H,3-7,12H2,1-2H3/t17-,19-/m0/s1. The topological polar surface area (TPSA) is 49.8 Å². The highest BCUT2D eigenvalue weighted by atomic mass is 16.5. The van der Waals surface area contributed by atoms with E-state index >= 15 is 0 Å². The van der Waals surface area contributed by atoms with Crippen molar-refractivity contribution in [3.8, 4) is 5.75 Å². The van der Waals surface area contributed by atoms with Crippen LogP contribution in [0.3, 0.4) is 0 Å². The Morgan fingerprint density at radius 2 is 2.00 bits per heavy atom. The summed E-state index contributed by atoms with van der Waals surface area (Å²) in [5.74, 6) is 0.814. The fourth-order valence-corrected chi connectivity index (χ4v) is 3.52. The minimum absolute atomic E-state index is 0.0518. The van der Waals surface area contributed by atoms with Crippen molar-refractivity contribution in [3.63, 3.8) is 0 Å². The molecule has 1 aliphatic carbocycles. The molecule has 0 bridgehead atoms. The van der Waals surface area contributed by atoms with Gasteiger partial charge in [0.25, 0.3) is 0 Å². The van der Waals surface area contributed by atoms with E-state index in [0.29, 0.717) is 0 Å². The van der Waals surface area contributed by atoms with Crippen molar-refractivity contribution >= 4 is 5.91 Å². The van der Waals surface area contributed by atoms with Crippen molar-refractivity contribution in [2.75, 3.05) is 13.7 Å². The number of hydrogen-bond acceptors (Lipinski definition) is 3. The summed E-state index contributed by atoms with van der Waals surface area (Å²) in [6, 6.07) is 7.28. The molecule has 0 radical (unpaired) electrons. The lowest BCUT2D eigenvalue weighted by Gasteiger charge is -2.37. The molecule has 2 fully saturated rings. The summed E-state index contributed by atoms with van der Waals surface area (Å²) in [5, 5.41) is 11.1. The number of carbonyl (C=O) groups is 1. The van der Waals surface area contributed by atoms with Crippen LogP contribution in [-0.4, -0.2) is 35.6 Å². The van der Waals surface area contributed by atoms with Gasteiger partial charge in [-0.25, -0.2) is 0 Å². The lowest BCUT2D eigenvalue weighted by molar-refractivity contribution is -0.132. The maximum Gasteiger partial charge on any atom is 0.246 e. The molecule has 1 aliphatic heterocycles. The summed E-state index contributed by atoms with van der Waals surface area (Å²) >= 11 is 0. The Balaban J connectivity index is 1.80. The molecule has 0 spiro atoms. The lowest BCUT2D eigenvalue weighted by atomic mass is 9.86. The molecule has 3 rings (SSSR count). The van der Waals surface area contributed by atoms with Crippen LogP contribution < -0.4 is 4.74 Å². The van der Waals surface area contributed by atoms with Crippen LogP contribution in [0, 0.1) is 0 Å². The highest BCUT2D eigenvalue weighted by Gasteiger charge is 2.42. The fourth-order valence-electron chi connectivity index (χ4n) is 3.52. The number of methoxy groups -OCH3 is 1. The third-order valence-corrected chi connectivity index (χ3v) is 5.18. The second-order valence-electron chi connectivity index (χ2n) is 6.72. The number of rotatable bonds is 4. The summed E-state index contributed by atoms with van der Waals surface area (Å²) in [4.78, 5) is 14.4. The Morgan fingerprint density at radius 3 is 2.57 bits per heavy atom. The number of carbonyl (C=O) groups excluding carboxylic acids is 1. The molecule has 124 valence electrons. The Bertz CT molecular complexity index is 598. The molecular formula is C19H25NO3. The first kappa shape index (κ1) is 16.1. The summed E-state index contributed by atoms with van der Waals surface area (Å²) in [5.41, 5.74) is 1.00. The van der Waals surface area contributed by atoms with Gasteiger partial charge in [0.05, 0.1) is 13.2 Å². The molecule has 1 saturated carbocycles. The van der Waals surface area contributed by atoms with E-state index in [-0.39, 0.29) is 11.9 Å². The van der Waals surface area contributed by atoms with Crippen LogP contribution in [0.25, 0.3) is 0 Å². The van der Waals surface area contributed by atoms with E-state index in [1.54, 1.807) is 13.2 Å². The molecule has 4 heteroatoms. The van der Waals surface area contributed by atoms with Gasteiger partial charge >= 0.3 is 0 Å². The quantitative estimate of drug-likeness (QED) is 0.869. The number of benzene rings is 1. The van der Waals surface area contributed by atoms with Crippen LogP contribution in [0.1, 0.15) is 44.6 Å². The van der Waals surface area contributed by atoms with Gasteiger partial charge in [0.15, 0.2) is 0 Å². The number of ether oxygens (including phenoxy) is 1. The van der Waals surface area contributed by atoms with Gasteiger partial charge in [-0.15, -0.1) is 0 Å². The van der Waals surface area contributed by atoms with Crippen molar-refractivity contribution < 1.29 is 14.6 Å². The monoisotopic (exact) mass is 315 g/mol. The molecule has 1 heterocycles. The number of allylic oxidation sites excluding steroid dienone is 1. The van der Waals surface area contributed by atoms with Crippen LogP contribution in [0.4, 0.5) is 0 Å². The molecule has 1 aromatic carbocycles. The Morgan fingerprint density at radius 1 is 1.30 bits per heavy atom. The molecule has 4 nitrogen and oxygen atoms in total. The zero-order chi connectivity index (χ0) is 16.4. The van der Waals surface area contributed by atoms with Crippen LogP contribution in [0.2, 0.25) is 0 Å². The second-order valence-corrected chi connectivity index (χ2v) is 6.72. The maximum atomic E-state index is 12.6. The minimum Gasteiger partial charge on any atom is -0.497 e. The molecule has 2 atom stereocenters. The third-order valence-electron chi connectivity index (χ3n) is 5.18. The highest BCUT2D eigenvalue weighted by Crippen LogP contribution is 2.36. The van der Waals surface area contributed by atoms with Gasteiger partial charge < -0.3 is 14.7 Å². The Labute approximate surface area is 137 Å². The van der Waals surface area contributed by atoms with Gasteiger partial charge in [0, 0.05) is 12.6 Å². The van der Waals surface area contributed by atoms with Gasteiger partial charge in [0.2, 0.25) is 5.91 Å². The third kappa shape index (κ3) is 3.13. The molecule has 1 saturated heterocycles. The zero-order valence-electron chi connectivity index (χ0n) is 13.9. The number of amides is 1. The smallest absolute Gasteiger partial charge is 0.246 e. The first-order valence-electron chi connectivity index (χ1n) is 8.39. The average molecular weight is 315 g/mol. The summed E-state index contributed by atoms with van der Waals surface area (Å²) < 4.78 is 5.18. The molecular weight excluding hydrogens is 290 g/mol. The fraction of sp³-hybridized carbons (Fsp3) is 0.526. The number of nitrogens with zero attached hydrogens (tertiary/aromatic N) is 1. The largest absolute Gasteiger partial charge is 0.497 e. The van der Waals surface area contributed by atoms with Crippen molar-refractivity contribution in [2.45, 2.75) is 50.7 Å². The minimum atomic E-state index is -1.06. The van der Waals surface area contributed by atoms with E-state index in [1.165, 1.54) is 12.0 Å². The molecule has 1 aromatic rings. The second kappa shape index (κ2) is 6.36. The summed E-state index contributed by atoms with van der Waals surface area (Å²) in [6.45, 7) is 2.53. The van der Waals surface area contributed by atoms with E-state index in [4.69, 9.17) is 4.74 Å². The normalized spacial score (nSPS) is 23.2. The van der Waals surface area contributed by atoms with Crippen LogP contribution in [0.5, 0.6) is 5.75 Å². The summed E-state index contributed by atoms with van der Waals surface area (Å²) in [6.07, 6.45) is 6.82. The van der Waals surface area contributed by atoms with E-state index in [1.807, 2.05) is 36.1 Å². The maximum absolute atomic E-state index is 12.6. The van der Waals surface area contributed by atoms with Crippen molar-refractivity contribution in [2.24, 2.45) is 0 Å². The van der Waals surface area contributed by atoms with Crippen LogP contribution >= 0.6 is 0 Å². The predicted molar refractivity (Wildman–Crippen MR) is 89.2 cm³/mol. The average Bonchev–Trinajstić information content (AvgIpc) is 3.01. The molecule has 1 amide bonds. The molecule has 2 aliphatic rings. The van der Waals surface area contributed by atoms with Crippen molar-refractivity contribution in [3.05, 3.63) is 41.5 Å². The van der Waals surface area contributed by atoms with Gasteiger partial charge in [-0.05, 0) is 56.7 Å². The van der Waals surface area contributed by atoms with Gasteiger partial charge in [-0.3, -0.25) is 4.79 Å². The SMILES string of the molecule is COc1ccc([C@](C)(O)[C@@H]2CCCN2C(=O)C=C2CCC2)cc1. The Kier molecular flexibility index (Phi) is 4.44. The van der Waals surface area contributed by atoms with E-state index in [9.17, 15) is 9.90 Å². The van der Waals surface area contributed by atoms with Crippen LogP contribution in [-0.2, 0) is 10.4 Å². The predicted octanol–water partition coefficient (Wildman–Crippen LogP) is 3.00. The van der Waals surface area contributed by atoms with Crippen LogP contribution in [0.15, 0.2) is 35.9 Å². The van der Waals surface area contributed by atoms with E-state index < -0.39 is 5.60 Å². The van der Waals surface area contributed by atoms with Crippen molar-refractivity contribution in [1.29, 1.82) is 0 Å². The summed E-state index contributed by atoms with van der Waals surface area (Å²) in [7, 11) is 1.62. The molecule has 1 N–H and O–H groups in total. The zero-order valence-corrected chi connectivity index (χ0v) is 13.9. The number of aliphatic hydroxyl groups is 1. The van der Waals surface area contributed by atoms with Crippen molar-refractivity contribution in [1.82, 2.24) is 4.90 Å². The van der Waals surface area contributed by atoms with Gasteiger partial charge in [-0.2, -0.15) is 0 Å². The van der Waals surface area contributed by atoms with E-state index in [0.717, 1.165) is 43.5 Å². The number of likely N-dealkylation sites (tertiary alicyclic amines) is 1. The number of hydrogen-bond donors (Lipinski definition) is 1. The highest BCUT2D eigenvalue weighted by molar-refractivity contribution is 5.89. The molecule has 0 unspecified atom stereocenters. The molecule has 0 aromatic heterocycles.